The number of hydrogen-bond donors (Lipinski definition) is 0. The van der Waals surface area contributed by atoms with Gasteiger partial charge in [0.2, 0.25) is 0 Å². The topological polar surface area (TPSA) is 30.4 Å². The standard InChI is InChI=1S/C9H11BrN2O/c10-7-3-11-12(5-7)4-6-1-8-9(2-6)13-8/h3,5-6,8-9H,1-2,4H2. The molecule has 0 N–H and O–H groups in total. The van der Waals surface area contributed by atoms with Gasteiger partial charge >= 0.3 is 0 Å². The minimum absolute atomic E-state index is 0.587. The molecule has 1 saturated heterocycles. The van der Waals surface area contributed by atoms with Crippen LogP contribution in [0.5, 0.6) is 0 Å². The van der Waals surface area contributed by atoms with Crippen LogP contribution in [0.15, 0.2) is 16.9 Å². The van der Waals surface area contributed by atoms with Crippen LogP contribution in [0.4, 0.5) is 0 Å². The van der Waals surface area contributed by atoms with E-state index in [9.17, 15) is 0 Å². The number of halogens is 1. The molecule has 2 unspecified atom stereocenters. The smallest absolute Gasteiger partial charge is 0.0845 e. The fourth-order valence-electron chi connectivity index (χ4n) is 2.20. The quantitative estimate of drug-likeness (QED) is 0.742. The Hall–Kier alpha value is -0.350. The number of ether oxygens (including phenoxy) is 1. The maximum atomic E-state index is 5.39. The maximum Gasteiger partial charge on any atom is 0.0845 e. The van der Waals surface area contributed by atoms with E-state index in [0.29, 0.717) is 12.2 Å². The summed E-state index contributed by atoms with van der Waals surface area (Å²) in [5.41, 5.74) is 0. The van der Waals surface area contributed by atoms with Crippen LogP contribution in [0.3, 0.4) is 0 Å². The molecule has 4 heteroatoms. The lowest BCUT2D eigenvalue weighted by Gasteiger charge is -2.10. The number of fused-ring (bicyclic) bond motifs is 1. The summed E-state index contributed by atoms with van der Waals surface area (Å²) in [5, 5.41) is 4.25. The van der Waals surface area contributed by atoms with E-state index in [0.717, 1.165) is 16.9 Å². The summed E-state index contributed by atoms with van der Waals surface area (Å²) in [6.07, 6.45) is 7.49. The number of rotatable bonds is 2. The normalized spacial score (nSPS) is 36.2. The second kappa shape index (κ2) is 2.82. The van der Waals surface area contributed by atoms with Gasteiger partial charge in [-0.3, -0.25) is 4.68 Å². The van der Waals surface area contributed by atoms with Crippen molar-refractivity contribution in [3.8, 4) is 0 Å². The van der Waals surface area contributed by atoms with Crippen LogP contribution in [-0.2, 0) is 11.3 Å². The Kier molecular flexibility index (Phi) is 1.73. The van der Waals surface area contributed by atoms with Gasteiger partial charge in [-0.25, -0.2) is 0 Å². The van der Waals surface area contributed by atoms with Crippen LogP contribution < -0.4 is 0 Å². The highest BCUT2D eigenvalue weighted by Gasteiger charge is 2.47. The molecule has 70 valence electrons. The van der Waals surface area contributed by atoms with E-state index in [4.69, 9.17) is 4.74 Å². The fourth-order valence-corrected chi connectivity index (χ4v) is 2.53. The van der Waals surface area contributed by atoms with E-state index in [-0.39, 0.29) is 0 Å². The number of nitrogens with zero attached hydrogens (tertiary/aromatic N) is 2. The lowest BCUT2D eigenvalue weighted by Crippen LogP contribution is -2.10. The molecular formula is C9H11BrN2O. The molecule has 0 spiro atoms. The van der Waals surface area contributed by atoms with Crippen LogP contribution >= 0.6 is 15.9 Å². The van der Waals surface area contributed by atoms with Gasteiger partial charge in [-0.05, 0) is 34.7 Å². The third-order valence-electron chi connectivity index (χ3n) is 2.87. The Balaban J connectivity index is 1.63. The molecule has 2 aliphatic rings. The summed E-state index contributed by atoms with van der Waals surface area (Å²) >= 11 is 3.39. The van der Waals surface area contributed by atoms with Crippen molar-refractivity contribution >= 4 is 15.9 Å². The molecule has 1 aliphatic heterocycles. The van der Waals surface area contributed by atoms with Gasteiger partial charge in [0, 0.05) is 12.7 Å². The molecule has 1 saturated carbocycles. The lowest BCUT2D eigenvalue weighted by molar-refractivity contribution is 0.253. The monoisotopic (exact) mass is 242 g/mol. The van der Waals surface area contributed by atoms with Gasteiger partial charge in [0.15, 0.2) is 0 Å². The van der Waals surface area contributed by atoms with Crippen LogP contribution in [-0.4, -0.2) is 22.0 Å². The number of aromatic nitrogens is 2. The summed E-state index contributed by atoms with van der Waals surface area (Å²) in [6.45, 7) is 1.04. The molecule has 1 aromatic heterocycles. The van der Waals surface area contributed by atoms with Gasteiger partial charge in [-0.15, -0.1) is 0 Å². The molecule has 0 bridgehead atoms. The molecule has 3 rings (SSSR count). The van der Waals surface area contributed by atoms with Gasteiger partial charge in [0.25, 0.3) is 0 Å². The highest BCUT2D eigenvalue weighted by molar-refractivity contribution is 9.10. The van der Waals surface area contributed by atoms with E-state index in [1.165, 1.54) is 12.8 Å². The first kappa shape index (κ1) is 8.00. The average Bonchev–Trinajstić information content (AvgIpc) is 2.55. The predicted molar refractivity (Wildman–Crippen MR) is 51.3 cm³/mol. The van der Waals surface area contributed by atoms with Gasteiger partial charge in [-0.1, -0.05) is 0 Å². The Morgan fingerprint density at radius 3 is 2.92 bits per heavy atom. The SMILES string of the molecule is Brc1cnn(CC2CC3OC3C2)c1. The van der Waals surface area contributed by atoms with Gasteiger partial charge in [-0.2, -0.15) is 5.10 Å². The van der Waals surface area contributed by atoms with E-state index in [2.05, 4.69) is 21.0 Å². The highest BCUT2D eigenvalue weighted by Crippen LogP contribution is 2.42. The Bertz CT molecular complexity index is 315. The molecule has 13 heavy (non-hydrogen) atoms. The summed E-state index contributed by atoms with van der Waals surface area (Å²) in [6, 6.07) is 0. The van der Waals surface area contributed by atoms with Crippen molar-refractivity contribution in [2.45, 2.75) is 31.6 Å². The Morgan fingerprint density at radius 2 is 2.31 bits per heavy atom. The first-order valence-corrected chi connectivity index (χ1v) is 5.44. The van der Waals surface area contributed by atoms with Crippen molar-refractivity contribution in [3.05, 3.63) is 16.9 Å². The van der Waals surface area contributed by atoms with Gasteiger partial charge in [0.1, 0.15) is 0 Å². The zero-order chi connectivity index (χ0) is 8.84. The predicted octanol–water partition coefficient (Wildman–Crippen LogP) is 1.82. The highest BCUT2D eigenvalue weighted by atomic mass is 79.9. The molecule has 1 aliphatic carbocycles. The zero-order valence-electron chi connectivity index (χ0n) is 7.19. The molecule has 0 amide bonds. The molecular weight excluding hydrogens is 232 g/mol. The van der Waals surface area contributed by atoms with Crippen molar-refractivity contribution in [1.82, 2.24) is 9.78 Å². The van der Waals surface area contributed by atoms with E-state index < -0.39 is 0 Å². The summed E-state index contributed by atoms with van der Waals surface area (Å²) < 4.78 is 8.46. The Morgan fingerprint density at radius 1 is 1.54 bits per heavy atom. The molecule has 2 fully saturated rings. The van der Waals surface area contributed by atoms with Crippen LogP contribution in [0.25, 0.3) is 0 Å². The third kappa shape index (κ3) is 1.53. The Labute approximate surface area is 85.2 Å². The van der Waals surface area contributed by atoms with Crippen molar-refractivity contribution in [3.63, 3.8) is 0 Å². The van der Waals surface area contributed by atoms with Crippen molar-refractivity contribution in [1.29, 1.82) is 0 Å². The lowest BCUT2D eigenvalue weighted by atomic mass is 10.1. The molecule has 0 aromatic carbocycles. The molecule has 0 radical (unpaired) electrons. The van der Waals surface area contributed by atoms with Gasteiger partial charge in [0.05, 0.1) is 22.9 Å². The summed E-state index contributed by atoms with van der Waals surface area (Å²) in [4.78, 5) is 0. The van der Waals surface area contributed by atoms with E-state index in [1.807, 2.05) is 17.1 Å². The first-order valence-electron chi connectivity index (χ1n) is 4.64. The average molecular weight is 243 g/mol. The van der Waals surface area contributed by atoms with Crippen molar-refractivity contribution in [2.75, 3.05) is 0 Å². The van der Waals surface area contributed by atoms with Crippen molar-refractivity contribution in [2.24, 2.45) is 5.92 Å². The maximum absolute atomic E-state index is 5.39. The van der Waals surface area contributed by atoms with Gasteiger partial charge < -0.3 is 4.74 Å². The number of hydrogen-bond acceptors (Lipinski definition) is 2. The van der Waals surface area contributed by atoms with Crippen LogP contribution in [0.1, 0.15) is 12.8 Å². The minimum atomic E-state index is 0.587. The molecule has 1 aromatic rings. The largest absolute Gasteiger partial charge is 0.370 e. The second-order valence-corrected chi connectivity index (χ2v) is 4.85. The van der Waals surface area contributed by atoms with E-state index in [1.54, 1.807) is 0 Å². The third-order valence-corrected chi connectivity index (χ3v) is 3.28. The van der Waals surface area contributed by atoms with Crippen molar-refractivity contribution < 1.29 is 4.74 Å². The second-order valence-electron chi connectivity index (χ2n) is 3.93. The van der Waals surface area contributed by atoms with Crippen LogP contribution in [0.2, 0.25) is 0 Å². The van der Waals surface area contributed by atoms with Crippen LogP contribution in [0, 0.1) is 5.92 Å². The van der Waals surface area contributed by atoms with E-state index >= 15 is 0 Å². The summed E-state index contributed by atoms with van der Waals surface area (Å²) in [7, 11) is 0. The summed E-state index contributed by atoms with van der Waals surface area (Å²) in [5.74, 6) is 0.774. The number of epoxide rings is 1. The minimum Gasteiger partial charge on any atom is -0.370 e. The first-order chi connectivity index (χ1) is 6.31. The fraction of sp³-hybridized carbons (Fsp3) is 0.667. The zero-order valence-corrected chi connectivity index (χ0v) is 8.77. The molecule has 3 nitrogen and oxygen atoms in total. The molecule has 2 atom stereocenters. The molecule has 2 heterocycles.